The van der Waals surface area contributed by atoms with Gasteiger partial charge in [0.1, 0.15) is 0 Å². The Balaban J connectivity index is 2.00. The molecule has 0 aliphatic rings. The molecule has 0 spiro atoms. The molecule has 1 N–H and O–H groups in total. The molecule has 1 heterocycles. The van der Waals surface area contributed by atoms with Crippen molar-refractivity contribution >= 4 is 27.3 Å². The minimum atomic E-state index is 0.752. The molecule has 0 aliphatic heterocycles. The van der Waals surface area contributed by atoms with Gasteiger partial charge >= 0.3 is 0 Å². The van der Waals surface area contributed by atoms with Crippen molar-refractivity contribution in [3.8, 4) is 10.4 Å². The number of ether oxygens (including phenoxy) is 1. The lowest BCUT2D eigenvalue weighted by Gasteiger charge is -2.02. The topological polar surface area (TPSA) is 21.3 Å². The summed E-state index contributed by atoms with van der Waals surface area (Å²) >= 11 is 5.41. The highest BCUT2D eigenvalue weighted by atomic mass is 79.9. The second-order valence-corrected chi connectivity index (χ2v) is 5.94. The van der Waals surface area contributed by atoms with Crippen LogP contribution in [0.25, 0.3) is 10.4 Å². The summed E-state index contributed by atoms with van der Waals surface area (Å²) in [7, 11) is 1.72. The maximum Gasteiger partial charge on any atom is 0.0587 e. The molecule has 2 nitrogen and oxygen atoms in total. The van der Waals surface area contributed by atoms with Crippen LogP contribution in [0.4, 0.5) is 0 Å². The fourth-order valence-corrected chi connectivity index (χ4v) is 3.31. The molecule has 0 fully saturated rings. The largest absolute Gasteiger partial charge is 0.383 e. The summed E-state index contributed by atoms with van der Waals surface area (Å²) in [5, 5.41) is 3.36. The van der Waals surface area contributed by atoms with E-state index < -0.39 is 0 Å². The lowest BCUT2D eigenvalue weighted by atomic mass is 10.2. The van der Waals surface area contributed by atoms with Gasteiger partial charge in [-0.15, -0.1) is 11.3 Å². The van der Waals surface area contributed by atoms with E-state index in [-0.39, 0.29) is 0 Å². The first-order valence-electron chi connectivity index (χ1n) is 5.84. The molecule has 96 valence electrons. The van der Waals surface area contributed by atoms with E-state index in [1.54, 1.807) is 7.11 Å². The zero-order chi connectivity index (χ0) is 12.8. The van der Waals surface area contributed by atoms with Crippen LogP contribution in [0.1, 0.15) is 4.88 Å². The van der Waals surface area contributed by atoms with Gasteiger partial charge in [0, 0.05) is 40.0 Å². The normalized spacial score (nSPS) is 10.8. The second kappa shape index (κ2) is 7.04. The molecule has 0 amide bonds. The number of nitrogens with one attached hydrogen (secondary N) is 1. The summed E-state index contributed by atoms with van der Waals surface area (Å²) in [6.07, 6.45) is 0. The van der Waals surface area contributed by atoms with Gasteiger partial charge in [-0.25, -0.2) is 0 Å². The standard InChI is InChI=1S/C14H16BrNOS/c1-17-9-8-16-10-11-6-7-14(18-11)12-4-2-3-5-13(12)15/h2-7,16H,8-10H2,1H3. The first-order chi connectivity index (χ1) is 8.81. The number of hydrogen-bond acceptors (Lipinski definition) is 3. The molecular weight excluding hydrogens is 310 g/mol. The maximum atomic E-state index is 5.00. The van der Waals surface area contributed by atoms with Crippen LogP contribution >= 0.6 is 27.3 Å². The van der Waals surface area contributed by atoms with E-state index in [0.29, 0.717) is 0 Å². The highest BCUT2D eigenvalue weighted by Gasteiger charge is 2.05. The maximum absolute atomic E-state index is 5.00. The molecule has 4 heteroatoms. The van der Waals surface area contributed by atoms with Crippen molar-refractivity contribution in [3.05, 3.63) is 45.7 Å². The molecule has 1 aromatic carbocycles. The minimum Gasteiger partial charge on any atom is -0.383 e. The van der Waals surface area contributed by atoms with Crippen LogP contribution < -0.4 is 5.32 Å². The third-order valence-electron chi connectivity index (χ3n) is 2.58. The molecule has 0 unspecified atom stereocenters. The highest BCUT2D eigenvalue weighted by molar-refractivity contribution is 9.10. The molecular formula is C14H16BrNOS. The molecule has 0 aliphatic carbocycles. The van der Waals surface area contributed by atoms with E-state index >= 15 is 0 Å². The predicted molar refractivity (Wildman–Crippen MR) is 81.0 cm³/mol. The van der Waals surface area contributed by atoms with Gasteiger partial charge in [0.15, 0.2) is 0 Å². The third kappa shape index (κ3) is 3.65. The van der Waals surface area contributed by atoms with Crippen LogP contribution in [0.2, 0.25) is 0 Å². The first-order valence-corrected chi connectivity index (χ1v) is 7.45. The van der Waals surface area contributed by atoms with Gasteiger partial charge in [0.05, 0.1) is 6.61 Å². The molecule has 2 rings (SSSR count). The van der Waals surface area contributed by atoms with E-state index in [1.807, 2.05) is 17.4 Å². The summed E-state index contributed by atoms with van der Waals surface area (Å²) < 4.78 is 6.15. The highest BCUT2D eigenvalue weighted by Crippen LogP contribution is 2.33. The summed E-state index contributed by atoms with van der Waals surface area (Å²) in [6.45, 7) is 2.54. The quantitative estimate of drug-likeness (QED) is 0.813. The van der Waals surface area contributed by atoms with Crippen LogP contribution in [0.15, 0.2) is 40.9 Å². The number of thiophene rings is 1. The Bertz CT molecular complexity index is 498. The van der Waals surface area contributed by atoms with Gasteiger partial charge in [-0.1, -0.05) is 34.1 Å². The first kappa shape index (κ1) is 13.7. The summed E-state index contributed by atoms with van der Waals surface area (Å²) in [6, 6.07) is 12.7. The Hall–Kier alpha value is -0.680. The van der Waals surface area contributed by atoms with Gasteiger partial charge in [0.25, 0.3) is 0 Å². The Kier molecular flexibility index (Phi) is 5.38. The van der Waals surface area contributed by atoms with Crippen LogP contribution in [-0.4, -0.2) is 20.3 Å². The van der Waals surface area contributed by atoms with E-state index in [0.717, 1.165) is 24.2 Å². The summed E-state index contributed by atoms with van der Waals surface area (Å²) in [4.78, 5) is 2.64. The van der Waals surface area contributed by atoms with Crippen LogP contribution in [0.3, 0.4) is 0 Å². The number of benzene rings is 1. The Morgan fingerprint density at radius 3 is 2.83 bits per heavy atom. The van der Waals surface area contributed by atoms with Crippen molar-refractivity contribution in [2.24, 2.45) is 0 Å². The van der Waals surface area contributed by atoms with Crippen molar-refractivity contribution in [2.75, 3.05) is 20.3 Å². The van der Waals surface area contributed by atoms with Crippen LogP contribution in [0.5, 0.6) is 0 Å². The monoisotopic (exact) mass is 325 g/mol. The van der Waals surface area contributed by atoms with Gasteiger partial charge < -0.3 is 10.1 Å². The Morgan fingerprint density at radius 2 is 2.06 bits per heavy atom. The SMILES string of the molecule is COCCNCc1ccc(-c2ccccc2Br)s1. The minimum absolute atomic E-state index is 0.752. The molecule has 0 saturated heterocycles. The van der Waals surface area contributed by atoms with E-state index in [2.05, 4.69) is 51.6 Å². The number of methoxy groups -OCH3 is 1. The molecule has 0 saturated carbocycles. The Labute approximate surface area is 120 Å². The molecule has 2 aromatic rings. The van der Waals surface area contributed by atoms with Crippen molar-refractivity contribution in [2.45, 2.75) is 6.54 Å². The molecule has 0 radical (unpaired) electrons. The van der Waals surface area contributed by atoms with Crippen molar-refractivity contribution in [1.82, 2.24) is 5.32 Å². The van der Waals surface area contributed by atoms with E-state index in [1.165, 1.54) is 15.3 Å². The van der Waals surface area contributed by atoms with Gasteiger partial charge in [0.2, 0.25) is 0 Å². The number of halogens is 1. The van der Waals surface area contributed by atoms with Crippen molar-refractivity contribution in [1.29, 1.82) is 0 Å². The molecule has 18 heavy (non-hydrogen) atoms. The fraction of sp³-hybridized carbons (Fsp3) is 0.286. The molecule has 1 aromatic heterocycles. The predicted octanol–water partition coefficient (Wildman–Crippen LogP) is 3.91. The molecule has 0 bridgehead atoms. The van der Waals surface area contributed by atoms with Gasteiger partial charge in [-0.2, -0.15) is 0 Å². The fourth-order valence-electron chi connectivity index (χ4n) is 1.66. The summed E-state index contributed by atoms with van der Waals surface area (Å²) in [5.41, 5.74) is 1.26. The van der Waals surface area contributed by atoms with Crippen LogP contribution in [0, 0.1) is 0 Å². The van der Waals surface area contributed by atoms with E-state index in [4.69, 9.17) is 4.74 Å². The zero-order valence-corrected chi connectivity index (χ0v) is 12.7. The van der Waals surface area contributed by atoms with Crippen molar-refractivity contribution < 1.29 is 4.74 Å². The third-order valence-corrected chi connectivity index (χ3v) is 4.39. The summed E-state index contributed by atoms with van der Waals surface area (Å²) in [5.74, 6) is 0. The van der Waals surface area contributed by atoms with Crippen molar-refractivity contribution in [3.63, 3.8) is 0 Å². The van der Waals surface area contributed by atoms with Gasteiger partial charge in [-0.3, -0.25) is 0 Å². The smallest absolute Gasteiger partial charge is 0.0587 e. The Morgan fingerprint density at radius 1 is 1.22 bits per heavy atom. The lowest BCUT2D eigenvalue weighted by Crippen LogP contribution is -2.17. The zero-order valence-electron chi connectivity index (χ0n) is 10.3. The molecule has 0 atom stereocenters. The van der Waals surface area contributed by atoms with Gasteiger partial charge in [-0.05, 0) is 18.2 Å². The average molecular weight is 326 g/mol. The number of hydrogen-bond donors (Lipinski definition) is 1. The van der Waals surface area contributed by atoms with E-state index in [9.17, 15) is 0 Å². The lowest BCUT2D eigenvalue weighted by molar-refractivity contribution is 0.199. The number of rotatable bonds is 6. The average Bonchev–Trinajstić information content (AvgIpc) is 2.84. The van der Waals surface area contributed by atoms with Crippen LogP contribution in [-0.2, 0) is 11.3 Å². The second-order valence-electron chi connectivity index (χ2n) is 3.92.